The zero-order chi connectivity index (χ0) is 13.1. The van der Waals surface area contributed by atoms with Gasteiger partial charge in [0.1, 0.15) is 5.75 Å². The van der Waals surface area contributed by atoms with Gasteiger partial charge < -0.3 is 14.9 Å². The fourth-order valence-electron chi connectivity index (χ4n) is 2.36. The van der Waals surface area contributed by atoms with Gasteiger partial charge in [-0.2, -0.15) is 4.98 Å². The van der Waals surface area contributed by atoms with E-state index >= 15 is 0 Å². The van der Waals surface area contributed by atoms with Crippen molar-refractivity contribution in [3.8, 4) is 5.75 Å². The smallest absolute Gasteiger partial charge is 0.231 e. The highest BCUT2D eigenvalue weighted by atomic mass is 16.5. The Hall–Kier alpha value is -1.88. The first-order valence-electron chi connectivity index (χ1n) is 6.62. The number of aromatic hydroxyl groups is 1. The molecule has 2 aromatic rings. The minimum absolute atomic E-state index is 0.269. The Morgan fingerprint density at radius 1 is 1.32 bits per heavy atom. The van der Waals surface area contributed by atoms with Crippen molar-refractivity contribution in [2.24, 2.45) is 0 Å². The van der Waals surface area contributed by atoms with Gasteiger partial charge in [0.15, 0.2) is 5.82 Å². The molecule has 0 bridgehead atoms. The predicted octanol–water partition coefficient (Wildman–Crippen LogP) is 1.83. The molecule has 1 aromatic heterocycles. The Morgan fingerprint density at radius 2 is 2.16 bits per heavy atom. The molecule has 2 heterocycles. The van der Waals surface area contributed by atoms with Crippen molar-refractivity contribution < 1.29 is 9.63 Å². The number of rotatable bonds is 3. The number of piperidine rings is 1. The Labute approximate surface area is 111 Å². The molecule has 1 aromatic carbocycles. The molecule has 1 saturated heterocycles. The summed E-state index contributed by atoms with van der Waals surface area (Å²) in [6.45, 7) is 1.99. The molecular weight excluding hydrogens is 242 g/mol. The van der Waals surface area contributed by atoms with E-state index in [0.29, 0.717) is 18.2 Å². The summed E-state index contributed by atoms with van der Waals surface area (Å²) in [5, 5.41) is 16.6. The number of hydrogen-bond donors (Lipinski definition) is 2. The van der Waals surface area contributed by atoms with E-state index in [2.05, 4.69) is 15.5 Å². The molecule has 0 aliphatic carbocycles. The van der Waals surface area contributed by atoms with Gasteiger partial charge >= 0.3 is 0 Å². The first-order valence-corrected chi connectivity index (χ1v) is 6.62. The lowest BCUT2D eigenvalue weighted by atomic mass is 10.00. The summed E-state index contributed by atoms with van der Waals surface area (Å²) in [6, 6.07) is 7.07. The lowest BCUT2D eigenvalue weighted by Crippen LogP contribution is -2.28. The molecule has 3 rings (SSSR count). The van der Waals surface area contributed by atoms with Gasteiger partial charge in [-0.05, 0) is 37.1 Å². The lowest BCUT2D eigenvalue weighted by Gasteiger charge is -2.18. The highest BCUT2D eigenvalue weighted by Crippen LogP contribution is 2.22. The number of nitrogens with zero attached hydrogens (tertiary/aromatic N) is 2. The van der Waals surface area contributed by atoms with Crippen LogP contribution in [-0.4, -0.2) is 28.3 Å². The van der Waals surface area contributed by atoms with Gasteiger partial charge in [-0.3, -0.25) is 0 Å². The van der Waals surface area contributed by atoms with Crippen LogP contribution in [0.2, 0.25) is 0 Å². The number of phenolic OH excluding ortho intramolecular Hbond substituents is 1. The van der Waals surface area contributed by atoms with Crippen LogP contribution in [0.5, 0.6) is 5.75 Å². The molecule has 5 nitrogen and oxygen atoms in total. The molecule has 0 spiro atoms. The van der Waals surface area contributed by atoms with Gasteiger partial charge in [-0.15, -0.1) is 0 Å². The van der Waals surface area contributed by atoms with Crippen LogP contribution >= 0.6 is 0 Å². The SMILES string of the molecule is Oc1ccc(Cc2noc(C3CCCNC3)n2)cc1. The monoisotopic (exact) mass is 259 g/mol. The molecule has 0 amide bonds. The minimum atomic E-state index is 0.269. The predicted molar refractivity (Wildman–Crippen MR) is 70.1 cm³/mol. The van der Waals surface area contributed by atoms with E-state index in [1.165, 1.54) is 0 Å². The van der Waals surface area contributed by atoms with Gasteiger partial charge in [0.25, 0.3) is 0 Å². The normalized spacial score (nSPS) is 19.5. The van der Waals surface area contributed by atoms with Gasteiger partial charge in [0, 0.05) is 13.0 Å². The van der Waals surface area contributed by atoms with Crippen molar-refractivity contribution in [3.05, 3.63) is 41.5 Å². The van der Waals surface area contributed by atoms with Gasteiger partial charge in [-0.1, -0.05) is 17.3 Å². The van der Waals surface area contributed by atoms with Crippen LogP contribution < -0.4 is 5.32 Å². The van der Waals surface area contributed by atoms with E-state index in [1.807, 2.05) is 12.1 Å². The summed E-state index contributed by atoms with van der Waals surface area (Å²) in [4.78, 5) is 4.47. The Bertz CT molecular complexity index is 530. The second kappa shape index (κ2) is 5.40. The number of aromatic nitrogens is 2. The van der Waals surface area contributed by atoms with Gasteiger partial charge in [0.2, 0.25) is 5.89 Å². The zero-order valence-corrected chi connectivity index (χ0v) is 10.7. The Kier molecular flexibility index (Phi) is 3.46. The van der Waals surface area contributed by atoms with Crippen molar-refractivity contribution in [1.82, 2.24) is 15.5 Å². The summed E-state index contributed by atoms with van der Waals surface area (Å²) in [5.41, 5.74) is 1.06. The van der Waals surface area contributed by atoms with E-state index in [4.69, 9.17) is 4.52 Å². The molecule has 1 fully saturated rings. The third kappa shape index (κ3) is 2.93. The maximum atomic E-state index is 9.24. The molecular formula is C14H17N3O2. The molecule has 19 heavy (non-hydrogen) atoms. The summed E-state index contributed by atoms with van der Waals surface area (Å²) >= 11 is 0. The molecule has 1 aliphatic heterocycles. The molecule has 1 aliphatic rings. The zero-order valence-electron chi connectivity index (χ0n) is 10.7. The van der Waals surface area contributed by atoms with Crippen LogP contribution in [0.3, 0.4) is 0 Å². The van der Waals surface area contributed by atoms with E-state index in [-0.39, 0.29) is 5.75 Å². The Balaban J connectivity index is 1.68. The second-order valence-electron chi connectivity index (χ2n) is 4.94. The number of benzene rings is 1. The van der Waals surface area contributed by atoms with Gasteiger partial charge in [0.05, 0.1) is 5.92 Å². The van der Waals surface area contributed by atoms with E-state index in [0.717, 1.165) is 37.4 Å². The summed E-state index contributed by atoms with van der Waals surface area (Å²) < 4.78 is 5.35. The van der Waals surface area contributed by atoms with Crippen LogP contribution in [0.15, 0.2) is 28.8 Å². The summed E-state index contributed by atoms with van der Waals surface area (Å²) in [6.07, 6.45) is 2.89. The van der Waals surface area contributed by atoms with E-state index in [1.54, 1.807) is 12.1 Å². The molecule has 0 radical (unpaired) electrons. The standard InChI is InChI=1S/C14H17N3O2/c18-12-5-3-10(4-6-12)8-13-16-14(19-17-13)11-2-1-7-15-9-11/h3-6,11,15,18H,1-2,7-9H2. The topological polar surface area (TPSA) is 71.2 Å². The van der Waals surface area contributed by atoms with Crippen LogP contribution in [0.1, 0.15) is 36.0 Å². The summed E-state index contributed by atoms with van der Waals surface area (Å²) in [7, 11) is 0. The minimum Gasteiger partial charge on any atom is -0.508 e. The third-order valence-corrected chi connectivity index (χ3v) is 3.43. The fourth-order valence-corrected chi connectivity index (χ4v) is 2.36. The quantitative estimate of drug-likeness (QED) is 0.880. The van der Waals surface area contributed by atoms with E-state index < -0.39 is 0 Å². The third-order valence-electron chi connectivity index (χ3n) is 3.43. The molecule has 2 N–H and O–H groups in total. The molecule has 1 unspecified atom stereocenters. The van der Waals surface area contributed by atoms with Crippen molar-refractivity contribution in [1.29, 1.82) is 0 Å². The Morgan fingerprint density at radius 3 is 2.89 bits per heavy atom. The number of nitrogens with one attached hydrogen (secondary N) is 1. The average Bonchev–Trinajstić information content (AvgIpc) is 2.91. The van der Waals surface area contributed by atoms with Crippen LogP contribution in [0.25, 0.3) is 0 Å². The van der Waals surface area contributed by atoms with Crippen LogP contribution in [0, 0.1) is 0 Å². The maximum absolute atomic E-state index is 9.24. The maximum Gasteiger partial charge on any atom is 0.231 e. The fraction of sp³-hybridized carbons (Fsp3) is 0.429. The second-order valence-corrected chi connectivity index (χ2v) is 4.94. The molecule has 1 atom stereocenters. The van der Waals surface area contributed by atoms with Crippen LogP contribution in [-0.2, 0) is 6.42 Å². The average molecular weight is 259 g/mol. The van der Waals surface area contributed by atoms with Crippen molar-refractivity contribution in [3.63, 3.8) is 0 Å². The largest absolute Gasteiger partial charge is 0.508 e. The molecule has 0 saturated carbocycles. The number of phenols is 1. The highest BCUT2D eigenvalue weighted by molar-refractivity contribution is 5.27. The highest BCUT2D eigenvalue weighted by Gasteiger charge is 2.21. The van der Waals surface area contributed by atoms with Crippen LogP contribution in [0.4, 0.5) is 0 Å². The van der Waals surface area contributed by atoms with Crippen molar-refractivity contribution >= 4 is 0 Å². The number of hydrogen-bond acceptors (Lipinski definition) is 5. The van der Waals surface area contributed by atoms with E-state index in [9.17, 15) is 5.11 Å². The lowest BCUT2D eigenvalue weighted by molar-refractivity contribution is 0.320. The van der Waals surface area contributed by atoms with Gasteiger partial charge in [-0.25, -0.2) is 0 Å². The molecule has 100 valence electrons. The first kappa shape index (κ1) is 12.2. The molecule has 5 heteroatoms. The first-order chi connectivity index (χ1) is 9.31. The van der Waals surface area contributed by atoms with Crippen molar-refractivity contribution in [2.75, 3.05) is 13.1 Å². The van der Waals surface area contributed by atoms with Crippen molar-refractivity contribution in [2.45, 2.75) is 25.2 Å². The summed E-state index contributed by atoms with van der Waals surface area (Å²) in [5.74, 6) is 2.05.